The van der Waals surface area contributed by atoms with Crippen molar-refractivity contribution in [3.8, 4) is 0 Å². The summed E-state index contributed by atoms with van der Waals surface area (Å²) in [5, 5.41) is 0. The van der Waals surface area contributed by atoms with Crippen LogP contribution in [0.5, 0.6) is 0 Å². The van der Waals surface area contributed by atoms with E-state index in [1.165, 1.54) is 30.8 Å². The topological polar surface area (TPSA) is 35.5 Å². The molecule has 0 radical (unpaired) electrons. The van der Waals surface area contributed by atoms with Crippen molar-refractivity contribution in [3.05, 3.63) is 0 Å². The first-order valence-electron chi connectivity index (χ1n) is 8.73. The summed E-state index contributed by atoms with van der Waals surface area (Å²) >= 11 is 4.28. The molecular formula is C17H30O3S2. The first-order chi connectivity index (χ1) is 10.7. The molecule has 2 rings (SSSR count). The quantitative estimate of drug-likeness (QED) is 0.478. The van der Waals surface area contributed by atoms with Crippen LogP contribution in [0.2, 0.25) is 0 Å². The van der Waals surface area contributed by atoms with Crippen LogP contribution in [0.15, 0.2) is 0 Å². The lowest BCUT2D eigenvalue weighted by atomic mass is 10.1. The van der Waals surface area contributed by atoms with Gasteiger partial charge in [-0.15, -0.1) is 23.5 Å². The summed E-state index contributed by atoms with van der Waals surface area (Å²) in [5.41, 5.74) is 0. The van der Waals surface area contributed by atoms with Crippen LogP contribution in [-0.4, -0.2) is 40.9 Å². The fourth-order valence-electron chi connectivity index (χ4n) is 3.34. The van der Waals surface area contributed by atoms with Gasteiger partial charge in [0.15, 0.2) is 0 Å². The van der Waals surface area contributed by atoms with Crippen LogP contribution >= 0.6 is 23.5 Å². The number of unbranched alkanes of at least 4 members (excludes halogenated alkanes) is 2. The second-order valence-electron chi connectivity index (χ2n) is 6.29. The Balaban J connectivity index is 1.64. The highest BCUT2D eigenvalue weighted by Gasteiger charge is 2.49. The van der Waals surface area contributed by atoms with Crippen molar-refractivity contribution in [2.45, 2.75) is 69.0 Å². The van der Waals surface area contributed by atoms with E-state index in [0.29, 0.717) is 29.1 Å². The van der Waals surface area contributed by atoms with Gasteiger partial charge in [-0.2, -0.15) is 0 Å². The van der Waals surface area contributed by atoms with Crippen molar-refractivity contribution in [2.75, 3.05) is 24.7 Å². The molecule has 0 aromatic carbocycles. The second-order valence-corrected chi connectivity index (χ2v) is 9.39. The van der Waals surface area contributed by atoms with Crippen LogP contribution in [0.4, 0.5) is 0 Å². The highest BCUT2D eigenvalue weighted by molar-refractivity contribution is 8.18. The predicted octanol–water partition coefficient (Wildman–Crippen LogP) is 4.49. The highest BCUT2D eigenvalue weighted by Crippen LogP contribution is 2.55. The third kappa shape index (κ3) is 5.07. The molecule has 1 spiro atoms. The minimum absolute atomic E-state index is 0.0678. The van der Waals surface area contributed by atoms with Crippen LogP contribution in [0.1, 0.15) is 58.8 Å². The maximum atomic E-state index is 11.3. The minimum atomic E-state index is -0.0678. The average molecular weight is 347 g/mol. The summed E-state index contributed by atoms with van der Waals surface area (Å²) in [6.07, 6.45) is 7.91. The van der Waals surface area contributed by atoms with Gasteiger partial charge in [-0.3, -0.25) is 4.79 Å². The number of carbonyl (C=O) groups excluding carboxylic acids is 1. The molecular weight excluding hydrogens is 316 g/mol. The molecule has 5 heteroatoms. The first kappa shape index (κ1) is 18.5. The molecule has 22 heavy (non-hydrogen) atoms. The zero-order valence-electron chi connectivity index (χ0n) is 14.0. The van der Waals surface area contributed by atoms with Crippen molar-refractivity contribution >= 4 is 29.5 Å². The van der Waals surface area contributed by atoms with Crippen molar-refractivity contribution in [3.63, 3.8) is 0 Å². The van der Waals surface area contributed by atoms with Crippen LogP contribution in [0, 0.1) is 5.92 Å². The Morgan fingerprint density at radius 2 is 2.00 bits per heavy atom. The van der Waals surface area contributed by atoms with E-state index in [4.69, 9.17) is 9.47 Å². The maximum absolute atomic E-state index is 11.3. The molecule has 2 atom stereocenters. The Hall–Kier alpha value is 0.130. The third-order valence-electron chi connectivity index (χ3n) is 4.51. The molecule has 2 unspecified atom stereocenters. The zero-order chi connectivity index (χ0) is 15.8. The standard InChI is InChI=1S/C17H30O3S2/c1-3-19-15(18)8-5-4-6-11-20-16-14(2)9-10-17(16)21-12-7-13-22-17/h14,16H,3-13H2,1-2H3. The van der Waals surface area contributed by atoms with Crippen LogP contribution in [0.3, 0.4) is 0 Å². The molecule has 128 valence electrons. The third-order valence-corrected chi connectivity index (χ3v) is 8.05. The lowest BCUT2D eigenvalue weighted by Crippen LogP contribution is -2.38. The SMILES string of the molecule is CCOC(=O)CCCCCOC1C(C)CCC12SCCCS2. The Morgan fingerprint density at radius 3 is 2.73 bits per heavy atom. The zero-order valence-corrected chi connectivity index (χ0v) is 15.6. The number of ether oxygens (including phenoxy) is 2. The lowest BCUT2D eigenvalue weighted by molar-refractivity contribution is -0.143. The van der Waals surface area contributed by atoms with Gasteiger partial charge in [0.25, 0.3) is 0 Å². The fourth-order valence-corrected chi connectivity index (χ4v) is 7.08. The highest BCUT2D eigenvalue weighted by atomic mass is 32.2. The van der Waals surface area contributed by atoms with Crippen molar-refractivity contribution in [2.24, 2.45) is 5.92 Å². The van der Waals surface area contributed by atoms with E-state index >= 15 is 0 Å². The molecule has 0 bridgehead atoms. The van der Waals surface area contributed by atoms with Crippen molar-refractivity contribution in [1.82, 2.24) is 0 Å². The number of carbonyl (C=O) groups is 1. The monoisotopic (exact) mass is 346 g/mol. The molecule has 0 N–H and O–H groups in total. The molecule has 2 aliphatic rings. The Bertz CT molecular complexity index is 337. The fraction of sp³-hybridized carbons (Fsp3) is 0.941. The van der Waals surface area contributed by atoms with Gasteiger partial charge in [0.2, 0.25) is 0 Å². The van der Waals surface area contributed by atoms with Crippen LogP contribution in [-0.2, 0) is 14.3 Å². The van der Waals surface area contributed by atoms with Crippen LogP contribution < -0.4 is 0 Å². The van der Waals surface area contributed by atoms with E-state index in [9.17, 15) is 4.79 Å². The molecule has 3 nitrogen and oxygen atoms in total. The molecule has 2 fully saturated rings. The van der Waals surface area contributed by atoms with Gasteiger partial charge in [0, 0.05) is 13.0 Å². The Labute approximate surface area is 143 Å². The number of hydrogen-bond donors (Lipinski definition) is 0. The molecule has 0 amide bonds. The number of thioether (sulfide) groups is 2. The number of esters is 1. The Kier molecular flexibility index (Phi) is 7.92. The van der Waals surface area contributed by atoms with Gasteiger partial charge < -0.3 is 9.47 Å². The van der Waals surface area contributed by atoms with Gasteiger partial charge in [-0.1, -0.05) is 13.3 Å². The van der Waals surface area contributed by atoms with E-state index in [2.05, 4.69) is 30.4 Å². The largest absolute Gasteiger partial charge is 0.466 e. The predicted molar refractivity (Wildman–Crippen MR) is 95.5 cm³/mol. The van der Waals surface area contributed by atoms with Crippen molar-refractivity contribution in [1.29, 1.82) is 0 Å². The van der Waals surface area contributed by atoms with Crippen molar-refractivity contribution < 1.29 is 14.3 Å². The average Bonchev–Trinajstić information content (AvgIpc) is 2.80. The van der Waals surface area contributed by atoms with Gasteiger partial charge in [0.1, 0.15) is 0 Å². The molecule has 1 aliphatic carbocycles. The normalized spacial score (nSPS) is 27.2. The minimum Gasteiger partial charge on any atom is -0.466 e. The van der Waals surface area contributed by atoms with E-state index in [1.54, 1.807) is 0 Å². The summed E-state index contributed by atoms with van der Waals surface area (Å²) in [5.74, 6) is 3.19. The summed E-state index contributed by atoms with van der Waals surface area (Å²) in [7, 11) is 0. The molecule has 1 saturated heterocycles. The molecule has 1 aliphatic heterocycles. The van der Waals surface area contributed by atoms with Gasteiger partial charge in [-0.05, 0) is 56.5 Å². The van der Waals surface area contributed by atoms with E-state index in [1.807, 2.05) is 6.92 Å². The lowest BCUT2D eigenvalue weighted by Gasteiger charge is -2.38. The summed E-state index contributed by atoms with van der Waals surface area (Å²) < 4.78 is 11.6. The molecule has 1 saturated carbocycles. The van der Waals surface area contributed by atoms with E-state index < -0.39 is 0 Å². The summed E-state index contributed by atoms with van der Waals surface area (Å²) in [6.45, 7) is 5.52. The number of rotatable bonds is 8. The van der Waals surface area contributed by atoms with E-state index in [0.717, 1.165) is 25.9 Å². The maximum Gasteiger partial charge on any atom is 0.305 e. The van der Waals surface area contributed by atoms with Gasteiger partial charge in [0.05, 0.1) is 16.8 Å². The molecule has 1 heterocycles. The Morgan fingerprint density at radius 1 is 1.23 bits per heavy atom. The summed E-state index contributed by atoms with van der Waals surface area (Å²) in [6, 6.07) is 0. The number of hydrogen-bond acceptors (Lipinski definition) is 5. The first-order valence-corrected chi connectivity index (χ1v) is 10.7. The molecule has 0 aromatic heterocycles. The smallest absolute Gasteiger partial charge is 0.305 e. The van der Waals surface area contributed by atoms with Gasteiger partial charge in [-0.25, -0.2) is 0 Å². The second kappa shape index (κ2) is 9.43. The van der Waals surface area contributed by atoms with E-state index in [-0.39, 0.29) is 5.97 Å². The molecule has 0 aromatic rings. The van der Waals surface area contributed by atoms with Crippen LogP contribution in [0.25, 0.3) is 0 Å². The summed E-state index contributed by atoms with van der Waals surface area (Å²) in [4.78, 5) is 11.3. The van der Waals surface area contributed by atoms with Gasteiger partial charge >= 0.3 is 5.97 Å².